The number of hydrogen-bond donors (Lipinski definition) is 2. The predicted molar refractivity (Wildman–Crippen MR) is 113 cm³/mol. The molecule has 1 aromatic carbocycles. The van der Waals surface area contributed by atoms with Crippen molar-refractivity contribution in [3.05, 3.63) is 41.6 Å². The van der Waals surface area contributed by atoms with Crippen LogP contribution in [0.2, 0.25) is 0 Å². The van der Waals surface area contributed by atoms with Crippen molar-refractivity contribution >= 4 is 24.1 Å². The first-order valence-electron chi connectivity index (χ1n) is 9.52. The number of halogens is 1. The summed E-state index contributed by atoms with van der Waals surface area (Å²) < 4.78 is 1.87. The Labute approximate surface area is 168 Å². The second-order valence-corrected chi connectivity index (χ2v) is 8.31. The van der Waals surface area contributed by atoms with Crippen LogP contribution in [-0.4, -0.2) is 28.8 Å². The van der Waals surface area contributed by atoms with E-state index in [1.165, 1.54) is 6.42 Å². The number of benzene rings is 1. The maximum absolute atomic E-state index is 12.5. The Morgan fingerprint density at radius 3 is 2.70 bits per heavy atom. The normalized spacial score (nSPS) is 16.8. The van der Waals surface area contributed by atoms with Gasteiger partial charge in [0.1, 0.15) is 5.82 Å². The van der Waals surface area contributed by atoms with Crippen molar-refractivity contribution in [1.82, 2.24) is 15.1 Å². The first-order chi connectivity index (χ1) is 12.3. The third-order valence-corrected chi connectivity index (χ3v) is 5.03. The van der Waals surface area contributed by atoms with Crippen molar-refractivity contribution in [2.24, 2.45) is 5.92 Å². The summed E-state index contributed by atoms with van der Waals surface area (Å²) >= 11 is 0. The second kappa shape index (κ2) is 8.89. The van der Waals surface area contributed by atoms with Gasteiger partial charge in [-0.1, -0.05) is 39.0 Å². The lowest BCUT2D eigenvalue weighted by atomic mass is 9.92. The molecule has 1 fully saturated rings. The van der Waals surface area contributed by atoms with Gasteiger partial charge in [-0.25, -0.2) is 4.68 Å². The number of para-hydroxylation sites is 1. The van der Waals surface area contributed by atoms with Crippen LogP contribution in [0.5, 0.6) is 0 Å². The number of anilines is 1. The molecule has 1 aliphatic rings. The number of carbonyl (C=O) groups excluding carboxylic acids is 1. The van der Waals surface area contributed by atoms with Gasteiger partial charge in [-0.3, -0.25) is 4.79 Å². The Hall–Kier alpha value is -1.85. The standard InChI is InChI=1S/C21H30N4O.ClH/c1-15-7-5-6-8-17(15)25-19(13-18(24-25)21(2,3)4)23-20(26)10-9-16-11-12-22-14-16;/h5-8,13,16,22H,9-12,14H2,1-4H3,(H,23,26);1H. The van der Waals surface area contributed by atoms with Crippen LogP contribution in [0.3, 0.4) is 0 Å². The van der Waals surface area contributed by atoms with Gasteiger partial charge in [-0.15, -0.1) is 12.4 Å². The van der Waals surface area contributed by atoms with E-state index in [1.54, 1.807) is 0 Å². The highest BCUT2D eigenvalue weighted by atomic mass is 35.5. The summed E-state index contributed by atoms with van der Waals surface area (Å²) in [7, 11) is 0. The minimum atomic E-state index is -0.0804. The first kappa shape index (κ1) is 21.5. The van der Waals surface area contributed by atoms with Crippen LogP contribution in [0.15, 0.2) is 30.3 Å². The molecule has 1 aromatic heterocycles. The molecule has 1 saturated heterocycles. The quantitative estimate of drug-likeness (QED) is 0.803. The molecule has 2 N–H and O–H groups in total. The number of amides is 1. The van der Waals surface area contributed by atoms with Gasteiger partial charge in [0.2, 0.25) is 5.91 Å². The van der Waals surface area contributed by atoms with Gasteiger partial charge in [-0.2, -0.15) is 5.10 Å². The molecule has 148 valence electrons. The zero-order valence-electron chi connectivity index (χ0n) is 16.7. The number of rotatable bonds is 5. The molecule has 5 nitrogen and oxygen atoms in total. The molecule has 2 aromatic rings. The van der Waals surface area contributed by atoms with E-state index in [4.69, 9.17) is 5.10 Å². The van der Waals surface area contributed by atoms with E-state index in [9.17, 15) is 4.79 Å². The van der Waals surface area contributed by atoms with Crippen LogP contribution in [0.25, 0.3) is 5.69 Å². The molecular formula is C21H31ClN4O. The number of hydrogen-bond acceptors (Lipinski definition) is 3. The lowest BCUT2D eigenvalue weighted by molar-refractivity contribution is -0.116. The van der Waals surface area contributed by atoms with Crippen LogP contribution in [0.4, 0.5) is 5.82 Å². The summed E-state index contributed by atoms with van der Waals surface area (Å²) in [6.07, 6.45) is 2.65. The zero-order chi connectivity index (χ0) is 18.7. The molecule has 3 rings (SSSR count). The van der Waals surface area contributed by atoms with Gasteiger partial charge >= 0.3 is 0 Å². The van der Waals surface area contributed by atoms with Gasteiger partial charge in [0, 0.05) is 17.9 Å². The van der Waals surface area contributed by atoms with E-state index in [2.05, 4.69) is 44.4 Å². The average Bonchev–Trinajstić information content (AvgIpc) is 3.23. The van der Waals surface area contributed by atoms with Crippen LogP contribution in [0, 0.1) is 12.8 Å². The van der Waals surface area contributed by atoms with Crippen molar-refractivity contribution in [1.29, 1.82) is 0 Å². The van der Waals surface area contributed by atoms with Gasteiger partial charge in [-0.05, 0) is 50.4 Å². The number of aryl methyl sites for hydroxylation is 1. The van der Waals surface area contributed by atoms with Gasteiger partial charge in [0.15, 0.2) is 0 Å². The fourth-order valence-corrected chi connectivity index (χ4v) is 3.32. The van der Waals surface area contributed by atoms with Crippen LogP contribution in [0.1, 0.15) is 51.3 Å². The Bertz CT molecular complexity index is 773. The van der Waals surface area contributed by atoms with Gasteiger partial charge in [0.05, 0.1) is 11.4 Å². The fourth-order valence-electron chi connectivity index (χ4n) is 3.32. The highest BCUT2D eigenvalue weighted by Crippen LogP contribution is 2.27. The van der Waals surface area contributed by atoms with Crippen LogP contribution < -0.4 is 10.6 Å². The van der Waals surface area contributed by atoms with E-state index < -0.39 is 0 Å². The number of aromatic nitrogens is 2. The maximum Gasteiger partial charge on any atom is 0.225 e. The monoisotopic (exact) mass is 390 g/mol. The largest absolute Gasteiger partial charge is 0.316 e. The minimum absolute atomic E-state index is 0. The summed E-state index contributed by atoms with van der Waals surface area (Å²) in [6, 6.07) is 10.1. The third kappa shape index (κ3) is 5.33. The summed E-state index contributed by atoms with van der Waals surface area (Å²) in [5.74, 6) is 1.43. The molecule has 1 atom stereocenters. The van der Waals surface area contributed by atoms with E-state index in [1.807, 2.05) is 28.9 Å². The van der Waals surface area contributed by atoms with Crippen LogP contribution >= 0.6 is 12.4 Å². The summed E-state index contributed by atoms with van der Waals surface area (Å²) in [5.41, 5.74) is 3.01. The van der Waals surface area contributed by atoms with Crippen LogP contribution in [-0.2, 0) is 10.2 Å². The molecule has 2 heterocycles. The maximum atomic E-state index is 12.5. The molecule has 1 amide bonds. The molecule has 0 spiro atoms. The molecule has 0 bridgehead atoms. The zero-order valence-corrected chi connectivity index (χ0v) is 17.5. The van der Waals surface area contributed by atoms with E-state index >= 15 is 0 Å². The molecule has 0 saturated carbocycles. The predicted octanol–water partition coefficient (Wildman–Crippen LogP) is 4.23. The highest BCUT2D eigenvalue weighted by Gasteiger charge is 2.22. The highest BCUT2D eigenvalue weighted by molar-refractivity contribution is 5.90. The number of nitrogens with zero attached hydrogens (tertiary/aromatic N) is 2. The number of carbonyl (C=O) groups is 1. The van der Waals surface area contributed by atoms with Crippen molar-refractivity contribution in [2.75, 3.05) is 18.4 Å². The van der Waals surface area contributed by atoms with E-state index in [0.29, 0.717) is 12.3 Å². The Balaban J connectivity index is 0.00000261. The molecular weight excluding hydrogens is 360 g/mol. The van der Waals surface area contributed by atoms with E-state index in [-0.39, 0.29) is 23.7 Å². The van der Waals surface area contributed by atoms with E-state index in [0.717, 1.165) is 42.3 Å². The second-order valence-electron chi connectivity index (χ2n) is 8.31. The van der Waals surface area contributed by atoms with Crippen molar-refractivity contribution in [3.63, 3.8) is 0 Å². The summed E-state index contributed by atoms with van der Waals surface area (Å²) in [5, 5.41) is 11.2. The lowest BCUT2D eigenvalue weighted by Crippen LogP contribution is -2.17. The van der Waals surface area contributed by atoms with Gasteiger partial charge in [0.25, 0.3) is 0 Å². The molecule has 1 unspecified atom stereocenters. The summed E-state index contributed by atoms with van der Waals surface area (Å²) in [6.45, 7) is 10.6. The molecule has 0 radical (unpaired) electrons. The molecule has 6 heteroatoms. The molecule has 1 aliphatic heterocycles. The van der Waals surface area contributed by atoms with Gasteiger partial charge < -0.3 is 10.6 Å². The fraction of sp³-hybridized carbons (Fsp3) is 0.524. The molecule has 0 aliphatic carbocycles. The average molecular weight is 391 g/mol. The lowest BCUT2D eigenvalue weighted by Gasteiger charge is -2.14. The Kier molecular flexibility index (Phi) is 7.06. The third-order valence-electron chi connectivity index (χ3n) is 5.03. The molecule has 27 heavy (non-hydrogen) atoms. The van der Waals surface area contributed by atoms with Crippen molar-refractivity contribution in [2.45, 2.75) is 52.4 Å². The topological polar surface area (TPSA) is 59.0 Å². The Morgan fingerprint density at radius 1 is 1.33 bits per heavy atom. The summed E-state index contributed by atoms with van der Waals surface area (Å²) in [4.78, 5) is 12.5. The Morgan fingerprint density at radius 2 is 2.07 bits per heavy atom. The minimum Gasteiger partial charge on any atom is -0.316 e. The first-order valence-corrected chi connectivity index (χ1v) is 9.52. The number of nitrogens with one attached hydrogen (secondary N) is 2. The van der Waals surface area contributed by atoms with Crippen molar-refractivity contribution in [3.8, 4) is 5.69 Å². The van der Waals surface area contributed by atoms with Crippen molar-refractivity contribution < 1.29 is 4.79 Å². The SMILES string of the molecule is Cc1ccccc1-n1nc(C(C)(C)C)cc1NC(=O)CCC1CCNC1.Cl. The smallest absolute Gasteiger partial charge is 0.225 e.